The zero-order valence-corrected chi connectivity index (χ0v) is 11.8. The van der Waals surface area contributed by atoms with Gasteiger partial charge in [-0.15, -0.1) is 11.6 Å². The number of thiophene rings is 1. The van der Waals surface area contributed by atoms with Crippen LogP contribution in [-0.2, 0) is 0 Å². The van der Waals surface area contributed by atoms with E-state index < -0.39 is 0 Å². The molecule has 2 nitrogen and oxygen atoms in total. The second-order valence-corrected chi connectivity index (χ2v) is 5.83. The maximum atomic E-state index is 6.26. The predicted molar refractivity (Wildman–Crippen MR) is 78.0 cm³/mol. The second-order valence-electron chi connectivity index (χ2n) is 4.40. The highest BCUT2D eigenvalue weighted by Crippen LogP contribution is 2.29. The molecule has 1 aromatic carbocycles. The van der Waals surface area contributed by atoms with Crippen LogP contribution in [0.5, 0.6) is 0 Å². The van der Waals surface area contributed by atoms with Gasteiger partial charge in [0.25, 0.3) is 0 Å². The van der Waals surface area contributed by atoms with Gasteiger partial charge in [-0.3, -0.25) is 4.57 Å². The molecule has 1 atom stereocenters. The molecule has 2 heterocycles. The van der Waals surface area contributed by atoms with Gasteiger partial charge in [-0.1, -0.05) is 6.07 Å². The van der Waals surface area contributed by atoms with Crippen LogP contribution in [0.15, 0.2) is 35.0 Å². The molecule has 18 heavy (non-hydrogen) atoms. The highest BCUT2D eigenvalue weighted by molar-refractivity contribution is 7.08. The van der Waals surface area contributed by atoms with Gasteiger partial charge in [0.2, 0.25) is 0 Å². The van der Waals surface area contributed by atoms with Gasteiger partial charge in [-0.2, -0.15) is 11.3 Å². The van der Waals surface area contributed by atoms with E-state index in [1.165, 1.54) is 5.56 Å². The van der Waals surface area contributed by atoms with Crippen LogP contribution in [0.25, 0.3) is 16.7 Å². The number of fused-ring (bicyclic) bond motifs is 1. The summed E-state index contributed by atoms with van der Waals surface area (Å²) in [5, 5.41) is 4.07. The number of aryl methyl sites for hydroxylation is 1. The maximum Gasteiger partial charge on any atom is 0.132 e. The SMILES string of the molecule is Cc1ccc2nc(C(C)Cl)n(-c3ccsc3)c2c1. The lowest BCUT2D eigenvalue weighted by molar-refractivity contribution is 0.885. The fourth-order valence-corrected chi connectivity index (χ4v) is 2.89. The Hall–Kier alpha value is -1.32. The molecule has 4 heteroatoms. The number of nitrogens with zero attached hydrogens (tertiary/aromatic N) is 2. The maximum absolute atomic E-state index is 6.26. The molecule has 0 bridgehead atoms. The summed E-state index contributed by atoms with van der Waals surface area (Å²) in [5.41, 5.74) is 4.48. The van der Waals surface area contributed by atoms with Crippen molar-refractivity contribution in [2.24, 2.45) is 0 Å². The molecule has 0 spiro atoms. The first kappa shape index (κ1) is 11.8. The van der Waals surface area contributed by atoms with Crippen molar-refractivity contribution in [3.8, 4) is 5.69 Å². The molecule has 0 N–H and O–H groups in total. The molecule has 0 fully saturated rings. The van der Waals surface area contributed by atoms with Crippen LogP contribution in [0.4, 0.5) is 0 Å². The van der Waals surface area contributed by atoms with Crippen molar-refractivity contribution in [1.82, 2.24) is 9.55 Å². The lowest BCUT2D eigenvalue weighted by Gasteiger charge is -2.08. The van der Waals surface area contributed by atoms with E-state index in [0.29, 0.717) is 0 Å². The van der Waals surface area contributed by atoms with Crippen LogP contribution in [0.1, 0.15) is 23.7 Å². The molecule has 0 saturated carbocycles. The Morgan fingerprint density at radius 3 is 2.83 bits per heavy atom. The first-order valence-electron chi connectivity index (χ1n) is 5.82. The highest BCUT2D eigenvalue weighted by atomic mass is 35.5. The fraction of sp³-hybridized carbons (Fsp3) is 0.214. The van der Waals surface area contributed by atoms with Gasteiger partial charge in [0.05, 0.1) is 22.1 Å². The van der Waals surface area contributed by atoms with Crippen LogP contribution in [0.3, 0.4) is 0 Å². The number of benzene rings is 1. The van der Waals surface area contributed by atoms with Crippen molar-refractivity contribution in [3.05, 3.63) is 46.4 Å². The lowest BCUT2D eigenvalue weighted by atomic mass is 10.2. The standard InChI is InChI=1S/C14H13ClN2S/c1-9-3-4-12-13(7-9)17(11-5-6-18-8-11)14(16-12)10(2)15/h3-8,10H,1-2H3. The highest BCUT2D eigenvalue weighted by Gasteiger charge is 2.16. The number of imidazole rings is 1. The molecular formula is C14H13ClN2S. The molecule has 3 aromatic rings. The summed E-state index contributed by atoms with van der Waals surface area (Å²) in [6, 6.07) is 8.38. The molecule has 0 radical (unpaired) electrons. The summed E-state index contributed by atoms with van der Waals surface area (Å²) in [4.78, 5) is 4.64. The minimum absolute atomic E-state index is 0.113. The molecule has 0 amide bonds. The van der Waals surface area contributed by atoms with Crippen LogP contribution in [-0.4, -0.2) is 9.55 Å². The zero-order chi connectivity index (χ0) is 12.7. The molecule has 0 aliphatic carbocycles. The Balaban J connectivity index is 2.37. The third-order valence-electron chi connectivity index (χ3n) is 2.96. The average Bonchev–Trinajstić information content (AvgIpc) is 2.93. The molecule has 1 unspecified atom stereocenters. The van der Waals surface area contributed by atoms with E-state index in [4.69, 9.17) is 11.6 Å². The molecular weight excluding hydrogens is 264 g/mol. The number of hydrogen-bond acceptors (Lipinski definition) is 2. The summed E-state index contributed by atoms with van der Waals surface area (Å²) >= 11 is 7.94. The first-order valence-corrected chi connectivity index (χ1v) is 7.20. The van der Waals surface area contributed by atoms with Gasteiger partial charge in [0.15, 0.2) is 0 Å². The summed E-state index contributed by atoms with van der Waals surface area (Å²) < 4.78 is 2.15. The Morgan fingerprint density at radius 1 is 1.33 bits per heavy atom. The van der Waals surface area contributed by atoms with Crippen LogP contribution >= 0.6 is 22.9 Å². The Labute approximate surface area is 115 Å². The second kappa shape index (κ2) is 4.41. The minimum atomic E-state index is -0.113. The van der Waals surface area contributed by atoms with Crippen molar-refractivity contribution < 1.29 is 0 Å². The average molecular weight is 277 g/mol. The monoisotopic (exact) mass is 276 g/mol. The van der Waals surface area contributed by atoms with E-state index in [9.17, 15) is 0 Å². The smallest absolute Gasteiger partial charge is 0.132 e. The van der Waals surface area contributed by atoms with Crippen molar-refractivity contribution >= 4 is 34.0 Å². The first-order chi connectivity index (χ1) is 8.66. The van der Waals surface area contributed by atoms with E-state index in [1.54, 1.807) is 11.3 Å². The molecule has 0 aliphatic rings. The quantitative estimate of drug-likeness (QED) is 0.621. The normalized spacial score (nSPS) is 13.1. The Kier molecular flexibility index (Phi) is 2.88. The number of aromatic nitrogens is 2. The third-order valence-corrected chi connectivity index (χ3v) is 3.82. The molecule has 0 aliphatic heterocycles. The summed E-state index contributed by atoms with van der Waals surface area (Å²) in [6.07, 6.45) is 0. The summed E-state index contributed by atoms with van der Waals surface area (Å²) in [7, 11) is 0. The largest absolute Gasteiger partial charge is 0.294 e. The van der Waals surface area contributed by atoms with E-state index in [1.807, 2.05) is 6.92 Å². The van der Waals surface area contributed by atoms with Gasteiger partial charge >= 0.3 is 0 Å². The van der Waals surface area contributed by atoms with Gasteiger partial charge in [0, 0.05) is 5.38 Å². The predicted octanol–water partition coefficient (Wildman–Crippen LogP) is 4.70. The molecule has 92 valence electrons. The summed E-state index contributed by atoms with van der Waals surface area (Å²) in [5.74, 6) is 0.899. The third kappa shape index (κ3) is 1.84. The Bertz CT molecular complexity index is 683. The molecule has 0 saturated heterocycles. The van der Waals surface area contributed by atoms with Crippen molar-refractivity contribution in [1.29, 1.82) is 0 Å². The van der Waals surface area contributed by atoms with Crippen LogP contribution in [0, 0.1) is 6.92 Å². The summed E-state index contributed by atoms with van der Waals surface area (Å²) in [6.45, 7) is 4.05. The van der Waals surface area contributed by atoms with E-state index >= 15 is 0 Å². The van der Waals surface area contributed by atoms with E-state index in [2.05, 4.69) is 51.5 Å². The van der Waals surface area contributed by atoms with Gasteiger partial charge in [-0.25, -0.2) is 4.98 Å². The van der Waals surface area contributed by atoms with Crippen molar-refractivity contribution in [2.45, 2.75) is 19.2 Å². The number of alkyl halides is 1. The number of halogens is 1. The number of hydrogen-bond donors (Lipinski definition) is 0. The lowest BCUT2D eigenvalue weighted by Crippen LogP contribution is -2.00. The van der Waals surface area contributed by atoms with Crippen molar-refractivity contribution in [3.63, 3.8) is 0 Å². The zero-order valence-electron chi connectivity index (χ0n) is 10.2. The molecule has 2 aromatic heterocycles. The van der Waals surface area contributed by atoms with Crippen LogP contribution < -0.4 is 0 Å². The van der Waals surface area contributed by atoms with E-state index in [0.717, 1.165) is 22.5 Å². The Morgan fingerprint density at radius 2 is 2.17 bits per heavy atom. The minimum Gasteiger partial charge on any atom is -0.294 e. The van der Waals surface area contributed by atoms with Crippen LogP contribution in [0.2, 0.25) is 0 Å². The van der Waals surface area contributed by atoms with Gasteiger partial charge < -0.3 is 0 Å². The molecule has 3 rings (SSSR count). The van der Waals surface area contributed by atoms with Gasteiger partial charge in [0.1, 0.15) is 5.82 Å². The topological polar surface area (TPSA) is 17.8 Å². The van der Waals surface area contributed by atoms with Crippen molar-refractivity contribution in [2.75, 3.05) is 0 Å². The fourth-order valence-electron chi connectivity index (χ4n) is 2.13. The van der Waals surface area contributed by atoms with Gasteiger partial charge in [-0.05, 0) is 43.0 Å². The number of rotatable bonds is 2. The van der Waals surface area contributed by atoms with E-state index in [-0.39, 0.29) is 5.38 Å².